The number of carbonyl (C=O) groups is 2. The molecule has 0 spiro atoms. The quantitative estimate of drug-likeness (QED) is 0.863. The van der Waals surface area contributed by atoms with Crippen molar-refractivity contribution in [1.82, 2.24) is 14.7 Å². The molecule has 0 unspecified atom stereocenters. The van der Waals surface area contributed by atoms with E-state index in [-0.39, 0.29) is 18.7 Å². The summed E-state index contributed by atoms with van der Waals surface area (Å²) in [6.07, 6.45) is 0.135. The van der Waals surface area contributed by atoms with Gasteiger partial charge in [0.2, 0.25) is 5.91 Å². The molecular formula is C13H21N3O3. The second-order valence-electron chi connectivity index (χ2n) is 5.41. The largest absolute Gasteiger partial charge is 0.481 e. The molecule has 0 atom stereocenters. The monoisotopic (exact) mass is 267 g/mol. The lowest BCUT2D eigenvalue weighted by molar-refractivity contribution is -0.142. The van der Waals surface area contributed by atoms with Crippen molar-refractivity contribution in [1.29, 1.82) is 0 Å². The molecule has 0 aliphatic carbocycles. The Balaban J connectivity index is 2.77. The predicted octanol–water partition coefficient (Wildman–Crippen LogP) is 0.983. The molecule has 0 aliphatic heterocycles. The zero-order valence-corrected chi connectivity index (χ0v) is 12.1. The number of hydrogen-bond acceptors (Lipinski definition) is 3. The van der Waals surface area contributed by atoms with E-state index in [0.29, 0.717) is 0 Å². The number of aromatic nitrogens is 2. The highest BCUT2D eigenvalue weighted by molar-refractivity contribution is 5.80. The van der Waals surface area contributed by atoms with Crippen molar-refractivity contribution in [3.8, 4) is 0 Å². The molecule has 6 nitrogen and oxygen atoms in total. The Morgan fingerprint density at radius 1 is 1.47 bits per heavy atom. The zero-order valence-electron chi connectivity index (χ0n) is 12.1. The van der Waals surface area contributed by atoms with Crippen LogP contribution in [0.3, 0.4) is 0 Å². The number of rotatable bonds is 5. The second kappa shape index (κ2) is 5.42. The van der Waals surface area contributed by atoms with Gasteiger partial charge < -0.3 is 10.0 Å². The first kappa shape index (κ1) is 15.2. The third-order valence-corrected chi connectivity index (χ3v) is 3.30. The summed E-state index contributed by atoms with van der Waals surface area (Å²) in [6, 6.07) is 1.86. The lowest BCUT2D eigenvalue weighted by Crippen LogP contribution is -2.47. The standard InChI is InChI=1S/C13H21N3O3/c1-9-6-10(16(5)14-9)7-11(17)15(4)13(2,3)8-12(18)19/h6H,7-8H2,1-5H3,(H,18,19). The molecule has 0 radical (unpaired) electrons. The van der Waals surface area contributed by atoms with E-state index < -0.39 is 11.5 Å². The molecule has 0 saturated carbocycles. The van der Waals surface area contributed by atoms with E-state index in [0.717, 1.165) is 11.4 Å². The minimum atomic E-state index is -0.916. The molecule has 106 valence electrons. The van der Waals surface area contributed by atoms with E-state index in [1.165, 1.54) is 4.90 Å². The molecule has 6 heteroatoms. The smallest absolute Gasteiger partial charge is 0.305 e. The lowest BCUT2D eigenvalue weighted by atomic mass is 9.98. The Morgan fingerprint density at radius 3 is 2.47 bits per heavy atom. The Hall–Kier alpha value is -1.85. The molecule has 0 bridgehead atoms. The van der Waals surface area contributed by atoms with Gasteiger partial charge in [-0.1, -0.05) is 0 Å². The lowest BCUT2D eigenvalue weighted by Gasteiger charge is -2.34. The van der Waals surface area contributed by atoms with Crippen LogP contribution >= 0.6 is 0 Å². The van der Waals surface area contributed by atoms with Crippen molar-refractivity contribution in [3.05, 3.63) is 17.5 Å². The molecule has 0 aromatic carbocycles. The van der Waals surface area contributed by atoms with E-state index in [1.54, 1.807) is 32.6 Å². The highest BCUT2D eigenvalue weighted by atomic mass is 16.4. The van der Waals surface area contributed by atoms with Gasteiger partial charge in [-0.15, -0.1) is 0 Å². The summed E-state index contributed by atoms with van der Waals surface area (Å²) in [6.45, 7) is 5.35. The highest BCUT2D eigenvalue weighted by Crippen LogP contribution is 2.18. The molecule has 1 aromatic rings. The van der Waals surface area contributed by atoms with Crippen LogP contribution in [0.2, 0.25) is 0 Å². The van der Waals surface area contributed by atoms with E-state index in [9.17, 15) is 9.59 Å². The van der Waals surface area contributed by atoms with Gasteiger partial charge in [-0.3, -0.25) is 14.3 Å². The molecule has 1 heterocycles. The van der Waals surface area contributed by atoms with Crippen LogP contribution in [0, 0.1) is 6.92 Å². The number of amides is 1. The normalized spacial score (nSPS) is 11.4. The maximum Gasteiger partial charge on any atom is 0.305 e. The Bertz CT molecular complexity index is 491. The van der Waals surface area contributed by atoms with Gasteiger partial charge in [0, 0.05) is 25.3 Å². The van der Waals surface area contributed by atoms with Crippen molar-refractivity contribution in [3.63, 3.8) is 0 Å². The number of aliphatic carboxylic acids is 1. The van der Waals surface area contributed by atoms with Crippen LogP contribution in [0.4, 0.5) is 0 Å². The van der Waals surface area contributed by atoms with Gasteiger partial charge in [0.25, 0.3) is 0 Å². The number of carbonyl (C=O) groups excluding carboxylic acids is 1. The molecule has 0 fully saturated rings. The van der Waals surface area contributed by atoms with Gasteiger partial charge >= 0.3 is 5.97 Å². The molecule has 1 rings (SSSR count). The van der Waals surface area contributed by atoms with Crippen molar-refractivity contribution >= 4 is 11.9 Å². The first-order chi connectivity index (χ1) is 8.63. The van der Waals surface area contributed by atoms with Gasteiger partial charge in [0.05, 0.1) is 18.5 Å². The van der Waals surface area contributed by atoms with Crippen LogP contribution in [-0.4, -0.2) is 44.3 Å². The minimum absolute atomic E-state index is 0.0837. The predicted molar refractivity (Wildman–Crippen MR) is 70.8 cm³/mol. The summed E-state index contributed by atoms with van der Waals surface area (Å²) in [5.41, 5.74) is 0.967. The maximum atomic E-state index is 12.2. The van der Waals surface area contributed by atoms with Crippen LogP contribution in [0.15, 0.2) is 6.07 Å². The van der Waals surface area contributed by atoms with Crippen molar-refractivity contribution in [2.75, 3.05) is 7.05 Å². The van der Waals surface area contributed by atoms with Gasteiger partial charge in [0.15, 0.2) is 0 Å². The number of carboxylic acid groups (broad SMARTS) is 1. The SMILES string of the molecule is Cc1cc(CC(=O)N(C)C(C)(C)CC(=O)O)n(C)n1. The molecular weight excluding hydrogens is 246 g/mol. The first-order valence-corrected chi connectivity index (χ1v) is 6.11. The minimum Gasteiger partial charge on any atom is -0.481 e. The van der Waals surface area contributed by atoms with Crippen LogP contribution in [0.5, 0.6) is 0 Å². The number of nitrogens with zero attached hydrogens (tertiary/aromatic N) is 3. The number of hydrogen-bond donors (Lipinski definition) is 1. The van der Waals surface area contributed by atoms with Gasteiger partial charge in [-0.25, -0.2) is 0 Å². The van der Waals surface area contributed by atoms with Crippen molar-refractivity contribution in [2.45, 2.75) is 39.2 Å². The van der Waals surface area contributed by atoms with E-state index in [4.69, 9.17) is 5.11 Å². The Morgan fingerprint density at radius 2 is 2.05 bits per heavy atom. The average Bonchev–Trinajstić information content (AvgIpc) is 2.54. The van der Waals surface area contributed by atoms with Gasteiger partial charge in [-0.05, 0) is 26.8 Å². The fourth-order valence-corrected chi connectivity index (χ4v) is 1.93. The van der Waals surface area contributed by atoms with Crippen molar-refractivity contribution < 1.29 is 14.7 Å². The number of likely N-dealkylation sites (N-methyl/N-ethyl adjacent to an activating group) is 1. The summed E-state index contributed by atoms with van der Waals surface area (Å²) >= 11 is 0. The van der Waals surface area contributed by atoms with E-state index in [1.807, 2.05) is 13.0 Å². The highest BCUT2D eigenvalue weighted by Gasteiger charge is 2.30. The summed E-state index contributed by atoms with van der Waals surface area (Å²) in [5.74, 6) is -1.03. The van der Waals surface area contributed by atoms with E-state index >= 15 is 0 Å². The van der Waals surface area contributed by atoms with E-state index in [2.05, 4.69) is 5.10 Å². The van der Waals surface area contributed by atoms with Gasteiger partial charge in [-0.2, -0.15) is 5.10 Å². The molecule has 0 aliphatic rings. The molecule has 1 N–H and O–H groups in total. The topological polar surface area (TPSA) is 75.4 Å². The molecule has 0 saturated heterocycles. The number of aryl methyl sites for hydroxylation is 2. The Kier molecular flexibility index (Phi) is 4.34. The van der Waals surface area contributed by atoms with Crippen molar-refractivity contribution in [2.24, 2.45) is 7.05 Å². The van der Waals surface area contributed by atoms with Crippen LogP contribution < -0.4 is 0 Å². The second-order valence-corrected chi connectivity index (χ2v) is 5.41. The zero-order chi connectivity index (χ0) is 14.8. The van der Waals surface area contributed by atoms with Crippen LogP contribution in [0.1, 0.15) is 31.7 Å². The van der Waals surface area contributed by atoms with Gasteiger partial charge in [0.1, 0.15) is 0 Å². The average molecular weight is 267 g/mol. The Labute approximate surface area is 113 Å². The summed E-state index contributed by atoms with van der Waals surface area (Å²) < 4.78 is 1.67. The molecule has 1 aromatic heterocycles. The molecule has 19 heavy (non-hydrogen) atoms. The third kappa shape index (κ3) is 3.81. The first-order valence-electron chi connectivity index (χ1n) is 6.11. The summed E-state index contributed by atoms with van der Waals surface area (Å²) in [5, 5.41) is 13.1. The fourth-order valence-electron chi connectivity index (χ4n) is 1.93. The number of carboxylic acids is 1. The molecule has 1 amide bonds. The third-order valence-electron chi connectivity index (χ3n) is 3.30. The summed E-state index contributed by atoms with van der Waals surface area (Å²) in [4.78, 5) is 24.5. The van der Waals surface area contributed by atoms with Crippen LogP contribution in [0.25, 0.3) is 0 Å². The summed E-state index contributed by atoms with van der Waals surface area (Å²) in [7, 11) is 3.42. The maximum absolute atomic E-state index is 12.2. The fraction of sp³-hybridized carbons (Fsp3) is 0.615. The van der Waals surface area contributed by atoms with Crippen LogP contribution in [-0.2, 0) is 23.1 Å².